The van der Waals surface area contributed by atoms with Crippen molar-refractivity contribution in [2.45, 2.75) is 514 Å². The van der Waals surface area contributed by atoms with Gasteiger partial charge in [-0.3, -0.25) is 33.3 Å². The third kappa shape index (κ3) is 55.9. The average Bonchev–Trinajstić information content (AvgIpc) is 0.793. The number of hydrogen-bond acceptors (Lipinski definition) is 15. The number of carbonyl (C=O) groups is 6. The Morgan fingerprint density at radius 2 is 0.725 bits per heavy atom. The van der Waals surface area contributed by atoms with Gasteiger partial charge in [-0.1, -0.05) is 350 Å². The van der Waals surface area contributed by atoms with Crippen molar-refractivity contribution in [1.82, 2.24) is 10.2 Å². The van der Waals surface area contributed by atoms with Crippen molar-refractivity contribution in [2.24, 2.45) is 0 Å². The molecule has 0 spiro atoms. The van der Waals surface area contributed by atoms with Gasteiger partial charge in [-0.15, -0.1) is 0 Å². The minimum atomic E-state index is -5.48. The first-order valence-electron chi connectivity index (χ1n) is 46.0. The van der Waals surface area contributed by atoms with E-state index in [0.717, 1.165) is 154 Å². The molecule has 9 atom stereocenters. The highest BCUT2D eigenvalue weighted by atomic mass is 31.2. The number of likely N-dealkylation sites (tertiary alicyclic amines) is 1. The fraction of sp³-hybridized carbons (Fsp3) is 0.933. The molecule has 2 aliphatic heterocycles. The van der Waals surface area contributed by atoms with E-state index in [-0.39, 0.29) is 44.2 Å². The maximum Gasteiger partial charge on any atom is 0.470 e. The number of aliphatic hydroxyl groups is 1. The molecule has 0 radical (unpaired) electrons. The Bertz CT molecular complexity index is 2260. The molecule has 2 fully saturated rings. The van der Waals surface area contributed by atoms with E-state index in [9.17, 15) is 43.4 Å². The van der Waals surface area contributed by atoms with Crippen molar-refractivity contribution >= 4 is 43.5 Å². The van der Waals surface area contributed by atoms with Crippen molar-refractivity contribution in [3.63, 3.8) is 0 Å². The first-order valence-corrected chi connectivity index (χ1v) is 47.5. The molecule has 0 aromatic rings. The summed E-state index contributed by atoms with van der Waals surface area (Å²) in [5.41, 5.74) is 0. The van der Waals surface area contributed by atoms with Gasteiger partial charge in [0.2, 0.25) is 11.8 Å². The van der Waals surface area contributed by atoms with E-state index in [4.69, 9.17) is 32.9 Å². The van der Waals surface area contributed by atoms with Crippen molar-refractivity contribution in [1.29, 1.82) is 0 Å². The van der Waals surface area contributed by atoms with Gasteiger partial charge in [0.15, 0.2) is 12.4 Å². The number of nitrogens with zero attached hydrogens (tertiary/aromatic N) is 1. The lowest BCUT2D eigenvalue weighted by Crippen LogP contribution is -2.66. The van der Waals surface area contributed by atoms with Crippen LogP contribution >= 0.6 is 7.82 Å². The molecule has 20 heteroatoms. The van der Waals surface area contributed by atoms with Crippen molar-refractivity contribution in [3.8, 4) is 0 Å². The molecule has 19 nitrogen and oxygen atoms in total. The standard InChI is InChI=1S/C89H167N2O17P/c1-7-13-19-25-31-37-43-49-55-63-76(103-82(95)66-58-52-46-40-34-28-22-16-10-4)70-80(93)90-86-88(107-85(98)72-78(65-57-51-45-39-33-27-21-15-9-3)105-84(97)68-60-54-48-42-36-30-24-18-12-6)87(108-109(99,100)101)79(73-92)106-89(86)102-74-75-62-61-69-91(75)81(94)71-77(64-56-50-44-38-32-26-20-14-8-2)104-83(96)67-59-53-47-41-35-29-23-17-11-5/h75-79,86-89,92H,7-74H2,1-6H3,(H,90,93)(H2,99,100,101)/t75-,76+,77+,78+,79+,86+,87+,88+,89?/m0/s1. The third-order valence-electron chi connectivity index (χ3n) is 22.3. The Labute approximate surface area is 665 Å². The van der Waals surface area contributed by atoms with Crippen molar-refractivity contribution < 1.29 is 81.2 Å². The molecule has 640 valence electrons. The molecule has 0 bridgehead atoms. The summed E-state index contributed by atoms with van der Waals surface area (Å²) in [7, 11) is -5.48. The molecule has 2 aliphatic rings. The zero-order valence-corrected chi connectivity index (χ0v) is 71.6. The van der Waals surface area contributed by atoms with Gasteiger partial charge in [0, 0.05) is 25.8 Å². The smallest absolute Gasteiger partial charge is 0.462 e. The largest absolute Gasteiger partial charge is 0.470 e. The first kappa shape index (κ1) is 102. The van der Waals surface area contributed by atoms with E-state index < -0.39 is 99.7 Å². The number of amides is 2. The number of hydrogen-bond donors (Lipinski definition) is 4. The Hall–Kier alpha value is -3.19. The first-order chi connectivity index (χ1) is 53.0. The highest BCUT2D eigenvalue weighted by Gasteiger charge is 2.53. The minimum absolute atomic E-state index is 0.0136. The van der Waals surface area contributed by atoms with Gasteiger partial charge in [-0.25, -0.2) is 4.57 Å². The molecule has 1 unspecified atom stereocenters. The number of ether oxygens (including phenoxy) is 6. The van der Waals surface area contributed by atoms with E-state index >= 15 is 4.79 Å². The van der Waals surface area contributed by atoms with Crippen LogP contribution in [0.3, 0.4) is 0 Å². The molecule has 2 saturated heterocycles. The van der Waals surface area contributed by atoms with Gasteiger partial charge in [-0.05, 0) is 70.6 Å². The lowest BCUT2D eigenvalue weighted by molar-refractivity contribution is -0.273. The summed E-state index contributed by atoms with van der Waals surface area (Å²) in [5.74, 6) is -2.91. The maximum atomic E-state index is 15.0. The number of phosphoric acid groups is 1. The predicted molar refractivity (Wildman–Crippen MR) is 440 cm³/mol. The summed E-state index contributed by atoms with van der Waals surface area (Å²) in [5, 5.41) is 14.1. The fourth-order valence-electron chi connectivity index (χ4n) is 15.6. The summed E-state index contributed by atoms with van der Waals surface area (Å²) in [6, 6.07) is -2.10. The van der Waals surface area contributed by atoms with Crippen LogP contribution in [0, 0.1) is 0 Å². The molecule has 4 N–H and O–H groups in total. The Morgan fingerprint density at radius 3 is 1.06 bits per heavy atom. The molecule has 0 saturated carbocycles. The van der Waals surface area contributed by atoms with Gasteiger partial charge >= 0.3 is 31.7 Å². The summed E-state index contributed by atoms with van der Waals surface area (Å²) < 4.78 is 56.5. The molecule has 0 aromatic carbocycles. The lowest BCUT2D eigenvalue weighted by atomic mass is 9.95. The molecular formula is C89H167N2O17P. The molecule has 2 heterocycles. The van der Waals surface area contributed by atoms with Gasteiger partial charge in [0.25, 0.3) is 0 Å². The number of carbonyl (C=O) groups excluding carboxylic acids is 6. The summed E-state index contributed by atoms with van der Waals surface area (Å²) in [6.07, 6.45) is 51.6. The molecule has 0 aliphatic carbocycles. The number of rotatable bonds is 77. The Balaban J connectivity index is 2.62. The van der Waals surface area contributed by atoms with Gasteiger partial charge in [0.05, 0.1) is 38.5 Å². The molecule has 2 rings (SSSR count). The van der Waals surface area contributed by atoms with Crippen LogP contribution in [-0.4, -0.2) is 130 Å². The van der Waals surface area contributed by atoms with Crippen LogP contribution in [0.2, 0.25) is 0 Å². The fourth-order valence-corrected chi connectivity index (χ4v) is 16.2. The zero-order chi connectivity index (χ0) is 79.5. The normalized spacial score (nSPS) is 18.2. The highest BCUT2D eigenvalue weighted by molar-refractivity contribution is 7.46. The topological polar surface area (TPSA) is 260 Å². The second-order valence-corrected chi connectivity index (χ2v) is 33.8. The Kier molecular flexibility index (Phi) is 65.7. The zero-order valence-electron chi connectivity index (χ0n) is 70.7. The number of esters is 4. The van der Waals surface area contributed by atoms with E-state index in [0.29, 0.717) is 70.8 Å². The second kappa shape index (κ2) is 70.2. The lowest BCUT2D eigenvalue weighted by Gasteiger charge is -2.45. The quantitative estimate of drug-likeness (QED) is 0.0191. The molecule has 0 aromatic heterocycles. The number of aliphatic hydroxyl groups excluding tert-OH is 1. The van der Waals surface area contributed by atoms with E-state index in [1.165, 1.54) is 167 Å². The third-order valence-corrected chi connectivity index (χ3v) is 22.8. The summed E-state index contributed by atoms with van der Waals surface area (Å²) in [4.78, 5) is 109. The minimum Gasteiger partial charge on any atom is -0.462 e. The Morgan fingerprint density at radius 1 is 0.413 bits per heavy atom. The van der Waals surface area contributed by atoms with Crippen molar-refractivity contribution in [2.75, 3.05) is 19.8 Å². The summed E-state index contributed by atoms with van der Waals surface area (Å²) in [6.45, 7) is 12.6. The molecule has 109 heavy (non-hydrogen) atoms. The second-order valence-electron chi connectivity index (χ2n) is 32.6. The van der Waals surface area contributed by atoms with Crippen LogP contribution in [0.1, 0.15) is 459 Å². The van der Waals surface area contributed by atoms with Crippen LogP contribution in [0.25, 0.3) is 0 Å². The van der Waals surface area contributed by atoms with Gasteiger partial charge in [-0.2, -0.15) is 0 Å². The number of unbranched alkanes of at least 4 members (excludes halogenated alkanes) is 48. The predicted octanol–water partition coefficient (Wildman–Crippen LogP) is 23.0. The molecular weight excluding hydrogens is 1400 g/mol. The van der Waals surface area contributed by atoms with Gasteiger partial charge in [0.1, 0.15) is 36.6 Å². The van der Waals surface area contributed by atoms with Crippen LogP contribution < -0.4 is 5.32 Å². The van der Waals surface area contributed by atoms with Gasteiger partial charge < -0.3 is 53.5 Å². The van der Waals surface area contributed by atoms with Crippen molar-refractivity contribution in [3.05, 3.63) is 0 Å². The number of nitrogens with one attached hydrogen (secondary N) is 1. The molecule has 2 amide bonds. The van der Waals surface area contributed by atoms with Crippen LogP contribution in [0.15, 0.2) is 0 Å². The van der Waals surface area contributed by atoms with E-state index in [2.05, 4.69) is 46.9 Å². The van der Waals surface area contributed by atoms with E-state index in [1.807, 2.05) is 0 Å². The van der Waals surface area contributed by atoms with E-state index in [1.54, 1.807) is 4.90 Å². The number of phosphoric ester groups is 1. The van der Waals surface area contributed by atoms with Crippen LogP contribution in [-0.2, 0) is 66.3 Å². The SMILES string of the molecule is CCCCCCCCCCCC(=O)O[C@H](CCCCCCCCCCC)CC(=O)N[C@H]1C(OC[C@@H]2CCCN2C(=O)C[C@@H](CCCCCCCCCCC)OC(=O)CCCCCCCCCCC)O[C@H](CO)[C@@H](OP(=O)(O)O)[C@@H]1OC(=O)C[C@@H](CCCCCCCCCCC)OC(=O)CCCCCCCCCCC. The monoisotopic (exact) mass is 1570 g/mol. The average molecular weight is 1570 g/mol. The van der Waals surface area contributed by atoms with Crippen LogP contribution in [0.5, 0.6) is 0 Å². The maximum absolute atomic E-state index is 15.0. The summed E-state index contributed by atoms with van der Waals surface area (Å²) >= 11 is 0. The highest BCUT2D eigenvalue weighted by Crippen LogP contribution is 2.43. The van der Waals surface area contributed by atoms with Crippen LogP contribution in [0.4, 0.5) is 0 Å².